The van der Waals surface area contributed by atoms with Gasteiger partial charge in [-0.1, -0.05) is 17.7 Å². The maximum Gasteiger partial charge on any atom is 0.286 e. The van der Waals surface area contributed by atoms with Gasteiger partial charge >= 0.3 is 0 Å². The second kappa shape index (κ2) is 12.8. The van der Waals surface area contributed by atoms with E-state index in [0.29, 0.717) is 51.1 Å². The highest BCUT2D eigenvalue weighted by Crippen LogP contribution is 2.18. The van der Waals surface area contributed by atoms with Crippen LogP contribution in [0.5, 0.6) is 0 Å². The van der Waals surface area contributed by atoms with E-state index in [-0.39, 0.29) is 23.3 Å². The van der Waals surface area contributed by atoms with Gasteiger partial charge in [0.2, 0.25) is 0 Å². The molecule has 1 aliphatic heterocycles. The number of amides is 2. The van der Waals surface area contributed by atoms with Crippen molar-refractivity contribution in [3.63, 3.8) is 0 Å². The molecule has 0 aromatic heterocycles. The summed E-state index contributed by atoms with van der Waals surface area (Å²) >= 11 is 0. The standard InChI is InChI=1S/C24H32FN3O4/c1-17(2)18(16-26-3)15-22(29)23(30)27-11-6-14-32-19-9-12-28(13-10-19)24(31)20-7-4-5-8-21(20)25/h4-5,7-8,15-16,19,29H,6,9-14H2,1-3H3,(H,27,30)/b22-15-,26-16?. The van der Waals surface area contributed by atoms with Crippen LogP contribution in [0.25, 0.3) is 0 Å². The van der Waals surface area contributed by atoms with E-state index in [1.54, 1.807) is 30.3 Å². The molecule has 32 heavy (non-hydrogen) atoms. The molecule has 0 unspecified atom stereocenters. The Morgan fingerprint density at radius 3 is 2.59 bits per heavy atom. The number of carbonyl (C=O) groups is 2. The third-order valence-electron chi connectivity index (χ3n) is 5.16. The number of hydrogen-bond acceptors (Lipinski definition) is 5. The molecule has 0 aliphatic carbocycles. The minimum absolute atomic E-state index is 0.0252. The third kappa shape index (κ3) is 7.60. The fourth-order valence-corrected chi connectivity index (χ4v) is 3.31. The Bertz CT molecular complexity index is 883. The third-order valence-corrected chi connectivity index (χ3v) is 5.16. The molecule has 0 atom stereocenters. The molecule has 8 heteroatoms. The first-order valence-corrected chi connectivity index (χ1v) is 10.8. The lowest BCUT2D eigenvalue weighted by Gasteiger charge is -2.32. The van der Waals surface area contributed by atoms with E-state index in [1.807, 2.05) is 13.8 Å². The normalized spacial score (nSPS) is 15.1. The van der Waals surface area contributed by atoms with Gasteiger partial charge in [0.05, 0.1) is 11.7 Å². The van der Waals surface area contributed by atoms with Crippen molar-refractivity contribution in [2.45, 2.75) is 39.2 Å². The Labute approximate surface area is 188 Å². The highest BCUT2D eigenvalue weighted by Gasteiger charge is 2.25. The summed E-state index contributed by atoms with van der Waals surface area (Å²) < 4.78 is 19.7. The van der Waals surface area contributed by atoms with E-state index in [1.165, 1.54) is 18.2 Å². The molecule has 2 amide bonds. The summed E-state index contributed by atoms with van der Waals surface area (Å²) in [4.78, 5) is 30.0. The Morgan fingerprint density at radius 1 is 1.28 bits per heavy atom. The van der Waals surface area contributed by atoms with Crippen molar-refractivity contribution >= 4 is 18.0 Å². The van der Waals surface area contributed by atoms with Crippen molar-refractivity contribution < 1.29 is 23.8 Å². The van der Waals surface area contributed by atoms with Crippen molar-refractivity contribution in [1.29, 1.82) is 0 Å². The van der Waals surface area contributed by atoms with Gasteiger partial charge in [-0.25, -0.2) is 4.39 Å². The molecule has 0 bridgehead atoms. The minimum atomic E-state index is -0.548. The van der Waals surface area contributed by atoms with Crippen LogP contribution in [0.15, 0.2) is 52.2 Å². The van der Waals surface area contributed by atoms with E-state index in [2.05, 4.69) is 10.3 Å². The second-order valence-corrected chi connectivity index (χ2v) is 7.82. The number of ether oxygens (including phenoxy) is 1. The number of piperidine rings is 1. The maximum absolute atomic E-state index is 13.8. The van der Waals surface area contributed by atoms with Crippen LogP contribution in [0, 0.1) is 5.82 Å². The molecule has 1 aromatic rings. The zero-order chi connectivity index (χ0) is 23.5. The van der Waals surface area contributed by atoms with Gasteiger partial charge in [-0.15, -0.1) is 0 Å². The SMILES string of the molecule is CN=CC(/C=C(\O)C(=O)NCCCOC1CCN(C(=O)c2ccccc2F)CC1)=C(C)C. The molecule has 0 saturated carbocycles. The van der Waals surface area contributed by atoms with E-state index in [0.717, 1.165) is 5.57 Å². The molecule has 174 valence electrons. The first-order chi connectivity index (χ1) is 15.3. The summed E-state index contributed by atoms with van der Waals surface area (Å²) in [5.41, 5.74) is 1.71. The predicted octanol–water partition coefficient (Wildman–Crippen LogP) is 3.43. The van der Waals surface area contributed by atoms with Crippen LogP contribution in [0.2, 0.25) is 0 Å². The first kappa shape index (κ1) is 25.3. The van der Waals surface area contributed by atoms with Gasteiger partial charge in [-0.05, 0) is 56.9 Å². The number of nitrogens with zero attached hydrogens (tertiary/aromatic N) is 2. The van der Waals surface area contributed by atoms with Crippen LogP contribution >= 0.6 is 0 Å². The van der Waals surface area contributed by atoms with Crippen LogP contribution in [0.4, 0.5) is 4.39 Å². The molecule has 1 heterocycles. The number of aliphatic hydroxyl groups excluding tert-OH is 1. The molecule has 2 N–H and O–H groups in total. The zero-order valence-electron chi connectivity index (χ0n) is 18.9. The zero-order valence-corrected chi connectivity index (χ0v) is 18.9. The van der Waals surface area contributed by atoms with Crippen molar-refractivity contribution in [1.82, 2.24) is 10.2 Å². The van der Waals surface area contributed by atoms with Crippen LogP contribution in [-0.2, 0) is 9.53 Å². The topological polar surface area (TPSA) is 91.2 Å². The van der Waals surface area contributed by atoms with Crippen molar-refractivity contribution in [3.05, 3.63) is 58.6 Å². The fraction of sp³-hybridized carbons (Fsp3) is 0.458. The maximum atomic E-state index is 13.8. The lowest BCUT2D eigenvalue weighted by molar-refractivity contribution is -0.120. The Kier molecular flexibility index (Phi) is 10.1. The number of aliphatic imine (C=N–C) groups is 1. The molecular weight excluding hydrogens is 413 g/mol. The number of likely N-dealkylation sites (tertiary alicyclic amines) is 1. The van der Waals surface area contributed by atoms with Gasteiger partial charge in [0.1, 0.15) is 5.82 Å². The molecule has 2 rings (SSSR count). The molecule has 7 nitrogen and oxygen atoms in total. The van der Waals surface area contributed by atoms with Crippen LogP contribution in [0.3, 0.4) is 0 Å². The minimum Gasteiger partial charge on any atom is -0.503 e. The molecule has 0 radical (unpaired) electrons. The van der Waals surface area contributed by atoms with E-state index < -0.39 is 11.7 Å². The van der Waals surface area contributed by atoms with E-state index in [9.17, 15) is 19.1 Å². The average Bonchev–Trinajstić information content (AvgIpc) is 2.78. The molecule has 1 fully saturated rings. The molecule has 1 saturated heterocycles. The van der Waals surface area contributed by atoms with Crippen molar-refractivity contribution in [3.8, 4) is 0 Å². The van der Waals surface area contributed by atoms with Gasteiger partial charge in [0.15, 0.2) is 5.76 Å². The van der Waals surface area contributed by atoms with Crippen molar-refractivity contribution in [2.24, 2.45) is 4.99 Å². The van der Waals surface area contributed by atoms with Gasteiger partial charge in [0, 0.05) is 39.5 Å². The summed E-state index contributed by atoms with van der Waals surface area (Å²) in [6, 6.07) is 6.01. The van der Waals surface area contributed by atoms with Gasteiger partial charge in [0.25, 0.3) is 11.8 Å². The Balaban J connectivity index is 1.67. The van der Waals surface area contributed by atoms with Gasteiger partial charge in [-0.2, -0.15) is 0 Å². The van der Waals surface area contributed by atoms with Crippen LogP contribution in [-0.4, -0.2) is 67.4 Å². The first-order valence-electron chi connectivity index (χ1n) is 10.8. The number of nitrogens with one attached hydrogen (secondary N) is 1. The van der Waals surface area contributed by atoms with Gasteiger partial charge < -0.3 is 20.1 Å². The summed E-state index contributed by atoms with van der Waals surface area (Å²) in [6.07, 6.45) is 4.96. The quantitative estimate of drug-likeness (QED) is 0.200. The molecule has 1 aromatic carbocycles. The number of allylic oxidation sites excluding steroid dienone is 3. The molecule has 0 spiro atoms. The summed E-state index contributed by atoms with van der Waals surface area (Å²) in [5, 5.41) is 12.6. The van der Waals surface area contributed by atoms with E-state index >= 15 is 0 Å². The van der Waals surface area contributed by atoms with E-state index in [4.69, 9.17) is 4.74 Å². The second-order valence-electron chi connectivity index (χ2n) is 7.82. The Hall–Kier alpha value is -3.00. The van der Waals surface area contributed by atoms with Crippen molar-refractivity contribution in [2.75, 3.05) is 33.3 Å². The summed E-state index contributed by atoms with van der Waals surface area (Å²) in [5.74, 6) is -1.71. The molecular formula is C24H32FN3O4. The number of carbonyl (C=O) groups excluding carboxylic acids is 2. The largest absolute Gasteiger partial charge is 0.503 e. The number of halogens is 1. The monoisotopic (exact) mass is 445 g/mol. The average molecular weight is 446 g/mol. The van der Waals surface area contributed by atoms with Gasteiger partial charge in [-0.3, -0.25) is 14.6 Å². The molecule has 1 aliphatic rings. The lowest BCUT2D eigenvalue weighted by atomic mass is 10.1. The highest BCUT2D eigenvalue weighted by atomic mass is 19.1. The summed E-state index contributed by atoms with van der Waals surface area (Å²) in [6.45, 7) is 5.60. The Morgan fingerprint density at radius 2 is 1.97 bits per heavy atom. The summed E-state index contributed by atoms with van der Waals surface area (Å²) in [7, 11) is 1.62. The number of aliphatic hydroxyl groups is 1. The number of rotatable bonds is 9. The van der Waals surface area contributed by atoms with Crippen LogP contribution in [0.1, 0.15) is 43.5 Å². The predicted molar refractivity (Wildman–Crippen MR) is 122 cm³/mol. The smallest absolute Gasteiger partial charge is 0.286 e. The van der Waals surface area contributed by atoms with Crippen LogP contribution < -0.4 is 5.32 Å². The highest BCUT2D eigenvalue weighted by molar-refractivity contribution is 5.95. The number of hydrogen-bond donors (Lipinski definition) is 2. The number of benzene rings is 1. The fourth-order valence-electron chi connectivity index (χ4n) is 3.31. The lowest BCUT2D eigenvalue weighted by Crippen LogP contribution is -2.41.